The number of hydrogen-bond donors (Lipinski definition) is 2. The lowest BCUT2D eigenvalue weighted by Gasteiger charge is -2.16. The number of nitrogens with two attached hydrogens (primary N) is 1. The summed E-state index contributed by atoms with van der Waals surface area (Å²) in [5.41, 5.74) is 8.64. The molecule has 146 valence electrons. The van der Waals surface area contributed by atoms with Crippen LogP contribution >= 0.6 is 11.8 Å². The van der Waals surface area contributed by atoms with Gasteiger partial charge >= 0.3 is 5.97 Å². The summed E-state index contributed by atoms with van der Waals surface area (Å²) in [5, 5.41) is 2.70. The first kappa shape index (κ1) is 19.9. The highest BCUT2D eigenvalue weighted by Crippen LogP contribution is 2.26. The lowest BCUT2D eigenvalue weighted by atomic mass is 9.90. The minimum Gasteiger partial charge on any atom is -0.452 e. The molecule has 3 N–H and O–H groups in total. The maximum Gasteiger partial charge on any atom is 0.338 e. The maximum absolute atomic E-state index is 12.3. The maximum atomic E-state index is 12.3. The molecule has 7 heteroatoms. The number of fused-ring (bicyclic) bond motifs is 1. The molecule has 0 atom stereocenters. The molecule has 28 heavy (non-hydrogen) atoms. The van der Waals surface area contributed by atoms with E-state index in [9.17, 15) is 14.4 Å². The zero-order chi connectivity index (χ0) is 19.9. The predicted octanol–water partition coefficient (Wildman–Crippen LogP) is 2.94. The van der Waals surface area contributed by atoms with E-state index < -0.39 is 17.8 Å². The number of carbonyl (C=O) groups is 3. The van der Waals surface area contributed by atoms with Crippen LogP contribution in [0.25, 0.3) is 0 Å². The number of aryl methyl sites for hydroxylation is 2. The Hall–Kier alpha value is -2.80. The molecule has 0 saturated heterocycles. The fraction of sp³-hybridized carbons (Fsp3) is 0.286. The molecule has 1 aliphatic rings. The highest BCUT2D eigenvalue weighted by Gasteiger charge is 2.15. The van der Waals surface area contributed by atoms with E-state index in [1.807, 2.05) is 12.1 Å². The van der Waals surface area contributed by atoms with Crippen LogP contribution in [0, 0.1) is 0 Å². The minimum absolute atomic E-state index is 0.111. The summed E-state index contributed by atoms with van der Waals surface area (Å²) < 4.78 is 5.16. The van der Waals surface area contributed by atoms with Crippen LogP contribution in [0.5, 0.6) is 0 Å². The average Bonchev–Trinajstić information content (AvgIpc) is 2.71. The van der Waals surface area contributed by atoms with Crippen molar-refractivity contribution in [2.24, 2.45) is 5.73 Å². The lowest BCUT2D eigenvalue weighted by molar-refractivity contribution is -0.119. The number of para-hydroxylation sites is 1. The Kier molecular flexibility index (Phi) is 6.71. The van der Waals surface area contributed by atoms with Gasteiger partial charge in [0.15, 0.2) is 6.61 Å². The number of esters is 1. The van der Waals surface area contributed by atoms with Gasteiger partial charge in [0, 0.05) is 4.90 Å². The Morgan fingerprint density at radius 2 is 1.79 bits per heavy atom. The highest BCUT2D eigenvalue weighted by atomic mass is 32.2. The van der Waals surface area contributed by atoms with Gasteiger partial charge in [0.2, 0.25) is 5.91 Å². The molecule has 0 radical (unpaired) electrons. The fourth-order valence-corrected chi connectivity index (χ4v) is 3.85. The number of nitrogens with one attached hydrogen (secondary N) is 1. The van der Waals surface area contributed by atoms with Gasteiger partial charge in [0.25, 0.3) is 5.91 Å². The molecule has 1 aliphatic carbocycles. The van der Waals surface area contributed by atoms with Crippen molar-refractivity contribution in [3.63, 3.8) is 0 Å². The third-order valence-corrected chi connectivity index (χ3v) is 5.55. The van der Waals surface area contributed by atoms with E-state index in [1.165, 1.54) is 29.3 Å². The van der Waals surface area contributed by atoms with E-state index in [4.69, 9.17) is 10.5 Å². The number of ether oxygens (including phenoxy) is 1. The fourth-order valence-electron chi connectivity index (χ4n) is 3.11. The second-order valence-electron chi connectivity index (χ2n) is 6.57. The summed E-state index contributed by atoms with van der Waals surface area (Å²) in [6.07, 6.45) is 4.31. The van der Waals surface area contributed by atoms with Crippen molar-refractivity contribution < 1.29 is 19.1 Å². The number of anilines is 1. The third kappa shape index (κ3) is 5.36. The summed E-state index contributed by atoms with van der Waals surface area (Å²) in [7, 11) is 0. The van der Waals surface area contributed by atoms with Crippen LogP contribution in [0.15, 0.2) is 47.4 Å². The van der Waals surface area contributed by atoms with Crippen molar-refractivity contribution in [1.29, 1.82) is 0 Å². The van der Waals surface area contributed by atoms with E-state index >= 15 is 0 Å². The van der Waals surface area contributed by atoms with Gasteiger partial charge in [-0.15, -0.1) is 11.8 Å². The number of thioether (sulfide) groups is 1. The van der Waals surface area contributed by atoms with Gasteiger partial charge in [0.05, 0.1) is 17.0 Å². The molecular formula is C21H22N2O4S. The number of hydrogen-bond acceptors (Lipinski definition) is 5. The van der Waals surface area contributed by atoms with Crippen LogP contribution in [0.4, 0.5) is 5.69 Å². The average molecular weight is 398 g/mol. The van der Waals surface area contributed by atoms with Crippen LogP contribution in [-0.4, -0.2) is 30.1 Å². The SMILES string of the molecule is NC(=O)CSc1ccccc1NC(=O)COC(=O)c1ccc2c(c1)CCCC2. The molecule has 2 aromatic carbocycles. The number of primary amides is 1. The van der Waals surface area contributed by atoms with Crippen LogP contribution < -0.4 is 11.1 Å². The zero-order valence-electron chi connectivity index (χ0n) is 15.4. The first-order valence-electron chi connectivity index (χ1n) is 9.12. The van der Waals surface area contributed by atoms with Gasteiger partial charge in [-0.3, -0.25) is 9.59 Å². The van der Waals surface area contributed by atoms with Gasteiger partial charge in [0.1, 0.15) is 0 Å². The van der Waals surface area contributed by atoms with Crippen molar-refractivity contribution in [3.8, 4) is 0 Å². The van der Waals surface area contributed by atoms with E-state index in [0.29, 0.717) is 11.3 Å². The molecule has 0 aromatic heterocycles. The second kappa shape index (κ2) is 9.41. The van der Waals surface area contributed by atoms with Crippen LogP contribution in [0.3, 0.4) is 0 Å². The van der Waals surface area contributed by atoms with Gasteiger partial charge in [-0.1, -0.05) is 18.2 Å². The van der Waals surface area contributed by atoms with Crippen molar-refractivity contribution in [3.05, 3.63) is 59.2 Å². The summed E-state index contributed by atoms with van der Waals surface area (Å²) >= 11 is 1.23. The van der Waals surface area contributed by atoms with Crippen molar-refractivity contribution in [2.45, 2.75) is 30.6 Å². The quantitative estimate of drug-likeness (QED) is 0.552. The van der Waals surface area contributed by atoms with Gasteiger partial charge in [-0.2, -0.15) is 0 Å². The first-order chi connectivity index (χ1) is 13.5. The van der Waals surface area contributed by atoms with Crippen LogP contribution in [0.2, 0.25) is 0 Å². The monoisotopic (exact) mass is 398 g/mol. The molecular weight excluding hydrogens is 376 g/mol. The second-order valence-corrected chi connectivity index (χ2v) is 7.58. The molecule has 6 nitrogen and oxygen atoms in total. The number of rotatable bonds is 7. The number of carbonyl (C=O) groups excluding carboxylic acids is 3. The van der Waals surface area contributed by atoms with E-state index in [-0.39, 0.29) is 12.4 Å². The summed E-state index contributed by atoms with van der Waals surface area (Å²) in [5.74, 6) is -1.29. The molecule has 0 unspecified atom stereocenters. The Labute approximate surface area is 167 Å². The molecule has 3 rings (SSSR count). The van der Waals surface area contributed by atoms with Crippen molar-refractivity contribution in [1.82, 2.24) is 0 Å². The minimum atomic E-state index is -0.514. The highest BCUT2D eigenvalue weighted by molar-refractivity contribution is 8.00. The standard InChI is InChI=1S/C21H22N2O4S/c22-19(24)13-28-18-8-4-3-7-17(18)23-20(25)12-27-21(26)16-10-9-14-5-1-2-6-15(14)11-16/h3-4,7-11H,1-2,5-6,12-13H2,(H2,22,24)(H,23,25). The number of amides is 2. The largest absolute Gasteiger partial charge is 0.452 e. The molecule has 0 heterocycles. The van der Waals surface area contributed by atoms with E-state index in [1.54, 1.807) is 30.3 Å². The molecule has 0 bridgehead atoms. The Balaban J connectivity index is 1.56. The Morgan fingerprint density at radius 1 is 1.04 bits per heavy atom. The summed E-state index contributed by atoms with van der Waals surface area (Å²) in [6.45, 7) is -0.384. The Morgan fingerprint density at radius 3 is 2.57 bits per heavy atom. The smallest absolute Gasteiger partial charge is 0.338 e. The van der Waals surface area contributed by atoms with Crippen molar-refractivity contribution >= 4 is 35.2 Å². The molecule has 2 amide bonds. The summed E-state index contributed by atoms with van der Waals surface area (Å²) in [4.78, 5) is 36.1. The molecule has 0 spiro atoms. The van der Waals surface area contributed by atoms with Crippen LogP contribution in [0.1, 0.15) is 34.3 Å². The van der Waals surface area contributed by atoms with Crippen LogP contribution in [-0.2, 0) is 27.2 Å². The zero-order valence-corrected chi connectivity index (χ0v) is 16.2. The molecule has 0 aliphatic heterocycles. The summed E-state index contributed by atoms with van der Waals surface area (Å²) in [6, 6.07) is 12.6. The normalized spacial score (nSPS) is 12.7. The first-order valence-corrected chi connectivity index (χ1v) is 10.1. The van der Waals surface area contributed by atoms with Gasteiger partial charge < -0.3 is 15.8 Å². The Bertz CT molecular complexity index is 898. The van der Waals surface area contributed by atoms with Gasteiger partial charge in [-0.05, 0) is 61.1 Å². The predicted molar refractivity (Wildman–Crippen MR) is 108 cm³/mol. The number of benzene rings is 2. The topological polar surface area (TPSA) is 98.5 Å². The van der Waals surface area contributed by atoms with Crippen molar-refractivity contribution in [2.75, 3.05) is 17.7 Å². The van der Waals surface area contributed by atoms with Gasteiger partial charge in [-0.25, -0.2) is 4.79 Å². The molecule has 0 fully saturated rings. The molecule has 2 aromatic rings. The van der Waals surface area contributed by atoms with E-state index in [2.05, 4.69) is 5.32 Å². The lowest BCUT2D eigenvalue weighted by Crippen LogP contribution is -2.21. The van der Waals surface area contributed by atoms with E-state index in [0.717, 1.165) is 24.2 Å². The third-order valence-electron chi connectivity index (χ3n) is 4.45. The molecule has 0 saturated carbocycles.